The molecule has 1 heteroatoms. The lowest BCUT2D eigenvalue weighted by Crippen LogP contribution is -2.31. The van der Waals surface area contributed by atoms with Gasteiger partial charge in [-0.05, 0) is 50.9 Å². The van der Waals surface area contributed by atoms with Gasteiger partial charge >= 0.3 is 0 Å². The van der Waals surface area contributed by atoms with Crippen molar-refractivity contribution in [2.24, 2.45) is 17.3 Å². The lowest BCUT2D eigenvalue weighted by molar-refractivity contribution is -0.0467. The predicted molar refractivity (Wildman–Crippen MR) is 61.4 cm³/mol. The summed E-state index contributed by atoms with van der Waals surface area (Å²) in [5.41, 5.74) is 0.408. The highest BCUT2D eigenvalue weighted by Gasteiger charge is 2.39. The summed E-state index contributed by atoms with van der Waals surface area (Å²) in [7, 11) is 0. The van der Waals surface area contributed by atoms with Crippen LogP contribution in [0, 0.1) is 17.3 Å². The van der Waals surface area contributed by atoms with Crippen molar-refractivity contribution in [3.05, 3.63) is 0 Å². The standard InChI is InChI=1S/C13H26O/c1-12(2,3)11(10-7-8-10)9-14-13(4,5)6/h10-11H,7-9H2,1-6H3/t11-/m0/s1. The maximum absolute atomic E-state index is 5.92. The van der Waals surface area contributed by atoms with Gasteiger partial charge in [0, 0.05) is 0 Å². The smallest absolute Gasteiger partial charge is 0.0598 e. The summed E-state index contributed by atoms with van der Waals surface area (Å²) in [6, 6.07) is 0. The molecular weight excluding hydrogens is 172 g/mol. The first-order chi connectivity index (χ1) is 6.20. The summed E-state index contributed by atoms with van der Waals surface area (Å²) in [5.74, 6) is 1.67. The zero-order valence-electron chi connectivity index (χ0n) is 10.7. The van der Waals surface area contributed by atoms with Gasteiger partial charge < -0.3 is 4.74 Å². The largest absolute Gasteiger partial charge is 0.376 e. The summed E-state index contributed by atoms with van der Waals surface area (Å²) >= 11 is 0. The molecule has 0 bridgehead atoms. The van der Waals surface area contributed by atoms with Crippen LogP contribution in [0.25, 0.3) is 0 Å². The van der Waals surface area contributed by atoms with Gasteiger partial charge in [0.05, 0.1) is 12.2 Å². The van der Waals surface area contributed by atoms with E-state index in [0.717, 1.165) is 18.4 Å². The molecule has 1 aliphatic rings. The van der Waals surface area contributed by atoms with E-state index in [1.54, 1.807) is 0 Å². The minimum absolute atomic E-state index is 0.0123. The molecule has 0 aliphatic heterocycles. The predicted octanol–water partition coefficient (Wildman–Crippen LogP) is 3.87. The minimum Gasteiger partial charge on any atom is -0.376 e. The Bertz CT molecular complexity index is 178. The summed E-state index contributed by atoms with van der Waals surface area (Å²) < 4.78 is 5.92. The first-order valence-electron chi connectivity index (χ1n) is 5.84. The fraction of sp³-hybridized carbons (Fsp3) is 1.00. The highest BCUT2D eigenvalue weighted by molar-refractivity contribution is 4.88. The topological polar surface area (TPSA) is 9.23 Å². The Morgan fingerprint density at radius 1 is 1.07 bits per heavy atom. The van der Waals surface area contributed by atoms with E-state index in [-0.39, 0.29) is 5.60 Å². The Morgan fingerprint density at radius 3 is 1.86 bits per heavy atom. The third-order valence-corrected chi connectivity index (χ3v) is 3.00. The van der Waals surface area contributed by atoms with Crippen molar-refractivity contribution in [1.82, 2.24) is 0 Å². The monoisotopic (exact) mass is 198 g/mol. The second-order valence-electron chi connectivity index (χ2n) is 6.73. The molecule has 0 N–H and O–H groups in total. The summed E-state index contributed by atoms with van der Waals surface area (Å²) in [6.07, 6.45) is 2.82. The van der Waals surface area contributed by atoms with Gasteiger partial charge in [0.15, 0.2) is 0 Å². The van der Waals surface area contributed by atoms with Crippen LogP contribution in [0.5, 0.6) is 0 Å². The Morgan fingerprint density at radius 2 is 1.57 bits per heavy atom. The van der Waals surface area contributed by atoms with Crippen molar-refractivity contribution in [2.45, 2.75) is 60.0 Å². The zero-order valence-corrected chi connectivity index (χ0v) is 10.7. The van der Waals surface area contributed by atoms with Crippen LogP contribution in [0.2, 0.25) is 0 Å². The Kier molecular flexibility index (Phi) is 3.30. The zero-order chi connectivity index (χ0) is 11.0. The van der Waals surface area contributed by atoms with Gasteiger partial charge in [0.1, 0.15) is 0 Å². The molecule has 1 rings (SSSR count). The molecule has 0 amide bonds. The van der Waals surface area contributed by atoms with Crippen molar-refractivity contribution in [3.63, 3.8) is 0 Å². The molecule has 0 radical (unpaired) electrons. The van der Waals surface area contributed by atoms with E-state index in [2.05, 4.69) is 41.5 Å². The van der Waals surface area contributed by atoms with Gasteiger partial charge in [-0.15, -0.1) is 0 Å². The Balaban J connectivity index is 2.45. The second-order valence-corrected chi connectivity index (χ2v) is 6.73. The molecule has 0 aromatic rings. The van der Waals surface area contributed by atoms with Crippen molar-refractivity contribution in [2.75, 3.05) is 6.61 Å². The van der Waals surface area contributed by atoms with Gasteiger partial charge in [-0.1, -0.05) is 20.8 Å². The van der Waals surface area contributed by atoms with Gasteiger partial charge in [-0.25, -0.2) is 0 Å². The molecule has 1 atom stereocenters. The van der Waals surface area contributed by atoms with Crippen LogP contribution in [0.4, 0.5) is 0 Å². The van der Waals surface area contributed by atoms with Crippen LogP contribution >= 0.6 is 0 Å². The lowest BCUT2D eigenvalue weighted by atomic mass is 9.78. The molecule has 1 saturated carbocycles. The van der Waals surface area contributed by atoms with Crippen molar-refractivity contribution in [3.8, 4) is 0 Å². The molecule has 84 valence electrons. The first kappa shape index (κ1) is 12.0. The fourth-order valence-corrected chi connectivity index (χ4v) is 1.93. The van der Waals surface area contributed by atoms with Gasteiger partial charge in [0.25, 0.3) is 0 Å². The van der Waals surface area contributed by atoms with Crippen LogP contribution in [-0.4, -0.2) is 12.2 Å². The SMILES string of the molecule is CC(C)(C)OC[C@@H](C1CC1)C(C)(C)C. The molecule has 0 aromatic heterocycles. The van der Waals surface area contributed by atoms with Crippen molar-refractivity contribution < 1.29 is 4.74 Å². The number of rotatable bonds is 3. The summed E-state index contributed by atoms with van der Waals surface area (Å²) in [4.78, 5) is 0. The third kappa shape index (κ3) is 4.00. The van der Waals surface area contributed by atoms with E-state index in [1.165, 1.54) is 12.8 Å². The third-order valence-electron chi connectivity index (χ3n) is 3.00. The number of ether oxygens (including phenoxy) is 1. The normalized spacial score (nSPS) is 21.0. The van der Waals surface area contributed by atoms with Crippen LogP contribution in [0.3, 0.4) is 0 Å². The molecule has 1 fully saturated rings. The van der Waals surface area contributed by atoms with E-state index in [4.69, 9.17) is 4.74 Å². The average Bonchev–Trinajstić information content (AvgIpc) is 2.64. The summed E-state index contributed by atoms with van der Waals surface area (Å²) in [5, 5.41) is 0. The molecule has 0 saturated heterocycles. The Hall–Kier alpha value is -0.0400. The van der Waals surface area contributed by atoms with E-state index >= 15 is 0 Å². The molecule has 1 aliphatic carbocycles. The van der Waals surface area contributed by atoms with Gasteiger partial charge in [0.2, 0.25) is 0 Å². The van der Waals surface area contributed by atoms with E-state index in [9.17, 15) is 0 Å². The van der Waals surface area contributed by atoms with Crippen molar-refractivity contribution >= 4 is 0 Å². The van der Waals surface area contributed by atoms with E-state index < -0.39 is 0 Å². The van der Waals surface area contributed by atoms with E-state index in [0.29, 0.717) is 5.41 Å². The molecule has 1 nitrogen and oxygen atoms in total. The number of hydrogen-bond donors (Lipinski definition) is 0. The second kappa shape index (κ2) is 3.84. The fourth-order valence-electron chi connectivity index (χ4n) is 1.93. The summed E-state index contributed by atoms with van der Waals surface area (Å²) in [6.45, 7) is 14.3. The maximum Gasteiger partial charge on any atom is 0.0598 e. The highest BCUT2D eigenvalue weighted by Crippen LogP contribution is 2.45. The average molecular weight is 198 g/mol. The van der Waals surface area contributed by atoms with Crippen molar-refractivity contribution in [1.29, 1.82) is 0 Å². The lowest BCUT2D eigenvalue weighted by Gasteiger charge is -2.33. The first-order valence-corrected chi connectivity index (χ1v) is 5.84. The quantitative estimate of drug-likeness (QED) is 0.669. The Labute approximate surface area is 89.2 Å². The number of hydrogen-bond acceptors (Lipinski definition) is 1. The minimum atomic E-state index is 0.0123. The van der Waals surface area contributed by atoms with E-state index in [1.807, 2.05) is 0 Å². The van der Waals surface area contributed by atoms with Crippen LogP contribution in [0.1, 0.15) is 54.4 Å². The molecular formula is C13H26O. The molecule has 0 heterocycles. The van der Waals surface area contributed by atoms with Crippen LogP contribution in [-0.2, 0) is 4.74 Å². The molecule has 0 unspecified atom stereocenters. The van der Waals surface area contributed by atoms with Crippen LogP contribution in [0.15, 0.2) is 0 Å². The van der Waals surface area contributed by atoms with Crippen LogP contribution < -0.4 is 0 Å². The molecule has 14 heavy (non-hydrogen) atoms. The maximum atomic E-state index is 5.92. The van der Waals surface area contributed by atoms with Gasteiger partial charge in [-0.2, -0.15) is 0 Å². The molecule has 0 aromatic carbocycles. The highest BCUT2D eigenvalue weighted by atomic mass is 16.5. The molecule has 0 spiro atoms. The van der Waals surface area contributed by atoms with Gasteiger partial charge in [-0.3, -0.25) is 0 Å².